The highest BCUT2D eigenvalue weighted by Gasteiger charge is 2.55. The number of allylic oxidation sites excluding steroid dienone is 1. The van der Waals surface area contributed by atoms with Crippen LogP contribution in [0.2, 0.25) is 0 Å². The fourth-order valence-electron chi connectivity index (χ4n) is 7.11. The number of carbonyl (C=O) groups excluding carboxylic acids is 2. The summed E-state index contributed by atoms with van der Waals surface area (Å²) in [5, 5.41) is 9.82. The van der Waals surface area contributed by atoms with Crippen LogP contribution in [0, 0.1) is 35.4 Å². The third kappa shape index (κ3) is 5.10. The normalized spacial score (nSPS) is 29.8. The number of rotatable bonds is 7. The highest BCUT2D eigenvalue weighted by atomic mass is 19.4. The summed E-state index contributed by atoms with van der Waals surface area (Å²) >= 11 is 0. The average Bonchev–Trinajstić information content (AvgIpc) is 3.27. The summed E-state index contributed by atoms with van der Waals surface area (Å²) in [6, 6.07) is 3.38. The van der Waals surface area contributed by atoms with E-state index in [1.165, 1.54) is 7.11 Å². The average molecular weight is 615 g/mol. The maximum absolute atomic E-state index is 13.9. The summed E-state index contributed by atoms with van der Waals surface area (Å²) in [5.41, 5.74) is 0.837. The van der Waals surface area contributed by atoms with E-state index >= 15 is 0 Å². The van der Waals surface area contributed by atoms with Gasteiger partial charge in [-0.15, -0.1) is 0 Å². The van der Waals surface area contributed by atoms with Gasteiger partial charge in [0.05, 0.1) is 43.4 Å². The van der Waals surface area contributed by atoms with Crippen LogP contribution >= 0.6 is 0 Å². The van der Waals surface area contributed by atoms with E-state index in [-0.39, 0.29) is 41.0 Å². The number of anilines is 1. The van der Waals surface area contributed by atoms with Crippen molar-refractivity contribution in [3.8, 4) is 5.88 Å². The standard InChI is InChI=1S/C31H30F4N4O5/c1-42-30-20(9-15(11-36-30)26-21-12-43-13-24(21)44-39-26)28(40)38-27-18-6-5-17(19(18)8-14-2-3-14)25(27)29(41)37-16-4-7-23(32)22(10-16)31(33,34)35/h4,7-11,14,17-18,21,24-25,27H,2-3,5-6,12-13H2,1H3,(H,37,41)(H,38,40)/b19-8-/t17-,18+,21?,24?,25-,27+/m0/s1. The van der Waals surface area contributed by atoms with E-state index < -0.39 is 41.3 Å². The molecule has 2 amide bonds. The quantitative estimate of drug-likeness (QED) is 0.345. The lowest BCUT2D eigenvalue weighted by Crippen LogP contribution is -2.48. The number of pyridine rings is 1. The largest absolute Gasteiger partial charge is 0.480 e. The molecule has 3 aliphatic carbocycles. The van der Waals surface area contributed by atoms with Crippen LogP contribution in [-0.4, -0.2) is 55.0 Å². The van der Waals surface area contributed by atoms with Crippen LogP contribution in [0.3, 0.4) is 0 Å². The van der Waals surface area contributed by atoms with E-state index in [9.17, 15) is 27.2 Å². The van der Waals surface area contributed by atoms with Crippen molar-refractivity contribution < 1.29 is 41.5 Å². The number of oxime groups is 1. The Labute approximate surface area is 250 Å². The Balaban J connectivity index is 1.17. The third-order valence-electron chi connectivity index (χ3n) is 9.34. The van der Waals surface area contributed by atoms with E-state index in [0.29, 0.717) is 42.5 Å². The van der Waals surface area contributed by atoms with Crippen molar-refractivity contribution in [3.63, 3.8) is 0 Å². The van der Waals surface area contributed by atoms with Gasteiger partial charge in [0.2, 0.25) is 11.8 Å². The second-order valence-electron chi connectivity index (χ2n) is 12.0. The molecule has 3 saturated carbocycles. The predicted octanol–water partition coefficient (Wildman–Crippen LogP) is 4.73. The maximum atomic E-state index is 13.9. The van der Waals surface area contributed by atoms with Gasteiger partial charge in [0.1, 0.15) is 11.4 Å². The molecular weight excluding hydrogens is 584 g/mol. The number of aromatic nitrogens is 1. The van der Waals surface area contributed by atoms with Crippen molar-refractivity contribution in [1.82, 2.24) is 10.3 Å². The van der Waals surface area contributed by atoms with Crippen molar-refractivity contribution in [3.05, 3.63) is 64.6 Å². The molecule has 9 nitrogen and oxygen atoms in total. The van der Waals surface area contributed by atoms with Crippen LogP contribution in [0.15, 0.2) is 47.3 Å². The third-order valence-corrected chi connectivity index (χ3v) is 9.34. The van der Waals surface area contributed by atoms with Crippen molar-refractivity contribution in [2.24, 2.45) is 34.7 Å². The smallest absolute Gasteiger partial charge is 0.419 e. The number of nitrogens with zero attached hydrogens (tertiary/aromatic N) is 2. The predicted molar refractivity (Wildman–Crippen MR) is 148 cm³/mol. The van der Waals surface area contributed by atoms with Crippen LogP contribution in [0.5, 0.6) is 5.88 Å². The molecule has 2 N–H and O–H groups in total. The number of nitrogens with one attached hydrogen (secondary N) is 2. The second kappa shape index (κ2) is 10.9. The lowest BCUT2D eigenvalue weighted by molar-refractivity contribution is -0.140. The second-order valence-corrected chi connectivity index (χ2v) is 12.0. The van der Waals surface area contributed by atoms with Gasteiger partial charge in [-0.2, -0.15) is 13.2 Å². The first kappa shape index (κ1) is 28.8. The number of ether oxygens (including phenoxy) is 2. The molecule has 2 unspecified atom stereocenters. The van der Waals surface area contributed by atoms with E-state index in [0.717, 1.165) is 37.3 Å². The first-order valence-electron chi connectivity index (χ1n) is 14.7. The Kier molecular flexibility index (Phi) is 7.10. The zero-order valence-electron chi connectivity index (χ0n) is 23.7. The van der Waals surface area contributed by atoms with Gasteiger partial charge in [0.15, 0.2) is 6.10 Å². The summed E-state index contributed by atoms with van der Waals surface area (Å²) in [6.07, 6.45) is 2.25. The number of benzene rings is 1. The zero-order chi connectivity index (χ0) is 30.7. The van der Waals surface area contributed by atoms with Gasteiger partial charge in [-0.3, -0.25) is 9.59 Å². The van der Waals surface area contributed by atoms with Crippen LogP contribution in [0.4, 0.5) is 23.2 Å². The van der Waals surface area contributed by atoms with Gasteiger partial charge in [-0.1, -0.05) is 16.8 Å². The summed E-state index contributed by atoms with van der Waals surface area (Å²) in [4.78, 5) is 37.4. The number of alkyl halides is 3. The molecule has 44 heavy (non-hydrogen) atoms. The Bertz CT molecular complexity index is 1570. The molecular formula is C31H30F4N4O5. The molecule has 1 aromatic heterocycles. The Morgan fingerprint density at radius 1 is 1.07 bits per heavy atom. The minimum atomic E-state index is -4.92. The molecule has 1 saturated heterocycles. The van der Waals surface area contributed by atoms with E-state index in [2.05, 4.69) is 26.8 Å². The number of halogens is 4. The number of amides is 2. The van der Waals surface area contributed by atoms with E-state index in [4.69, 9.17) is 14.3 Å². The van der Waals surface area contributed by atoms with Crippen molar-refractivity contribution in [2.45, 2.75) is 44.0 Å². The fraction of sp³-hybridized carbons (Fsp3) is 0.484. The Morgan fingerprint density at radius 3 is 2.61 bits per heavy atom. The van der Waals surface area contributed by atoms with Gasteiger partial charge >= 0.3 is 6.18 Å². The van der Waals surface area contributed by atoms with Crippen LogP contribution in [0.25, 0.3) is 0 Å². The first-order valence-corrected chi connectivity index (χ1v) is 14.7. The molecule has 2 aliphatic heterocycles. The number of carbonyl (C=O) groups is 2. The van der Waals surface area contributed by atoms with Crippen LogP contribution < -0.4 is 15.4 Å². The van der Waals surface area contributed by atoms with Crippen molar-refractivity contribution in [2.75, 3.05) is 25.6 Å². The molecule has 13 heteroatoms. The van der Waals surface area contributed by atoms with E-state index in [1.54, 1.807) is 12.3 Å². The summed E-state index contributed by atoms with van der Waals surface area (Å²) in [5.74, 6) is -3.05. The van der Waals surface area contributed by atoms with Crippen molar-refractivity contribution in [1.29, 1.82) is 0 Å². The molecule has 3 heterocycles. The summed E-state index contributed by atoms with van der Waals surface area (Å²) in [6.45, 7) is 0.863. The number of hydrogen-bond acceptors (Lipinski definition) is 7. The zero-order valence-corrected chi connectivity index (χ0v) is 23.7. The first-order chi connectivity index (χ1) is 21.1. The summed E-state index contributed by atoms with van der Waals surface area (Å²) < 4.78 is 64.8. The van der Waals surface area contributed by atoms with Crippen LogP contribution in [0.1, 0.15) is 47.2 Å². The van der Waals surface area contributed by atoms with Crippen LogP contribution in [-0.2, 0) is 20.5 Å². The SMILES string of the molecule is COc1ncc(C2=NOC3COCC23)cc1C(=O)N[C@H]1[C@@H](C(=O)Nc2ccc(F)c(C(F)(F)F)c2)[C@H]2CC[C@@H]1/C2=C\C1CC1. The van der Waals surface area contributed by atoms with Gasteiger partial charge in [0.25, 0.3) is 5.91 Å². The highest BCUT2D eigenvalue weighted by Crippen LogP contribution is 2.54. The van der Waals surface area contributed by atoms with Crippen molar-refractivity contribution >= 4 is 23.2 Å². The fourth-order valence-corrected chi connectivity index (χ4v) is 7.11. The lowest BCUT2D eigenvalue weighted by atomic mass is 9.83. The number of fused-ring (bicyclic) bond motifs is 3. The topological polar surface area (TPSA) is 111 Å². The molecule has 0 radical (unpaired) electrons. The summed E-state index contributed by atoms with van der Waals surface area (Å²) in [7, 11) is 1.40. The van der Waals surface area contributed by atoms with Gasteiger partial charge in [0, 0.05) is 29.4 Å². The lowest BCUT2D eigenvalue weighted by Gasteiger charge is -2.30. The molecule has 5 aliphatic rings. The molecule has 4 fully saturated rings. The highest BCUT2D eigenvalue weighted by molar-refractivity contribution is 6.06. The Hall–Kier alpha value is -4.00. The molecule has 2 bridgehead atoms. The maximum Gasteiger partial charge on any atom is 0.419 e. The minimum Gasteiger partial charge on any atom is -0.480 e. The monoisotopic (exact) mass is 614 g/mol. The Morgan fingerprint density at radius 2 is 1.86 bits per heavy atom. The molecule has 1 aromatic carbocycles. The van der Waals surface area contributed by atoms with Gasteiger partial charge in [-0.25, -0.2) is 9.37 Å². The minimum absolute atomic E-state index is 0.0841. The molecule has 0 spiro atoms. The molecule has 2 aromatic rings. The van der Waals surface area contributed by atoms with Gasteiger partial charge < -0.3 is 24.9 Å². The van der Waals surface area contributed by atoms with Gasteiger partial charge in [-0.05, 0) is 61.8 Å². The number of hydrogen-bond donors (Lipinski definition) is 2. The molecule has 6 atom stereocenters. The molecule has 7 rings (SSSR count). The molecule has 232 valence electrons. The number of methoxy groups -OCH3 is 1. The van der Waals surface area contributed by atoms with E-state index in [1.807, 2.05) is 0 Å².